The lowest BCUT2D eigenvalue weighted by atomic mass is 9.95. The molecule has 1 aliphatic rings. The summed E-state index contributed by atoms with van der Waals surface area (Å²) in [4.78, 5) is 23.3. The number of carbonyl (C=O) groups excluding carboxylic acids is 1. The predicted molar refractivity (Wildman–Crippen MR) is 102 cm³/mol. The number of aryl methyl sites for hydroxylation is 1. The number of piperidine rings is 1. The lowest BCUT2D eigenvalue weighted by Gasteiger charge is -2.36. The van der Waals surface area contributed by atoms with Crippen LogP contribution in [0.25, 0.3) is 0 Å². The van der Waals surface area contributed by atoms with Gasteiger partial charge in [0.15, 0.2) is 0 Å². The van der Waals surface area contributed by atoms with Gasteiger partial charge < -0.3 is 15.0 Å². The minimum absolute atomic E-state index is 0.0306. The third-order valence-corrected chi connectivity index (χ3v) is 4.91. The third kappa shape index (κ3) is 4.31. The molecular formula is C20H26N4O2. The zero-order valence-corrected chi connectivity index (χ0v) is 15.4. The maximum absolute atomic E-state index is 12.9. The minimum atomic E-state index is 0.0306. The second-order valence-electron chi connectivity index (χ2n) is 6.58. The fourth-order valence-electron chi connectivity index (χ4n) is 3.46. The Labute approximate surface area is 154 Å². The molecule has 0 saturated carbocycles. The number of hydrogen-bond donors (Lipinski definition) is 1. The number of aromatic nitrogens is 2. The fraction of sp³-hybridized carbons (Fsp3) is 0.450. The van der Waals surface area contributed by atoms with E-state index in [-0.39, 0.29) is 11.9 Å². The van der Waals surface area contributed by atoms with Gasteiger partial charge in [0.25, 0.3) is 5.91 Å². The number of ether oxygens (including phenoxy) is 1. The molecule has 0 radical (unpaired) electrons. The molecule has 1 N–H and O–H groups in total. The van der Waals surface area contributed by atoms with Crippen molar-refractivity contribution < 1.29 is 9.53 Å². The highest BCUT2D eigenvalue weighted by molar-refractivity contribution is 5.94. The summed E-state index contributed by atoms with van der Waals surface area (Å²) in [6.45, 7) is 0.801. The van der Waals surface area contributed by atoms with Crippen molar-refractivity contribution >= 4 is 11.9 Å². The Balaban J connectivity index is 1.67. The van der Waals surface area contributed by atoms with Crippen molar-refractivity contribution in [2.45, 2.75) is 38.1 Å². The van der Waals surface area contributed by atoms with Gasteiger partial charge in [0, 0.05) is 32.0 Å². The van der Waals surface area contributed by atoms with Gasteiger partial charge in [-0.15, -0.1) is 0 Å². The van der Waals surface area contributed by atoms with Crippen LogP contribution in [0.1, 0.15) is 41.6 Å². The first-order valence-corrected chi connectivity index (χ1v) is 9.15. The van der Waals surface area contributed by atoms with E-state index in [1.165, 1.54) is 12.0 Å². The Hall–Kier alpha value is -2.63. The molecule has 6 heteroatoms. The molecule has 1 aliphatic heterocycles. The van der Waals surface area contributed by atoms with Crippen molar-refractivity contribution in [2.24, 2.45) is 0 Å². The first-order chi connectivity index (χ1) is 12.7. The maximum Gasteiger partial charge on any atom is 0.257 e. The average Bonchev–Trinajstić information content (AvgIpc) is 2.72. The van der Waals surface area contributed by atoms with Crippen LogP contribution in [0, 0.1) is 0 Å². The lowest BCUT2D eigenvalue weighted by Crippen LogP contribution is -2.44. The zero-order chi connectivity index (χ0) is 18.4. The summed E-state index contributed by atoms with van der Waals surface area (Å²) in [5.74, 6) is 1.43. The lowest BCUT2D eigenvalue weighted by molar-refractivity contribution is 0.0601. The zero-order valence-electron chi connectivity index (χ0n) is 15.4. The number of hydrogen-bond acceptors (Lipinski definition) is 5. The molecule has 0 spiro atoms. The van der Waals surface area contributed by atoms with Crippen LogP contribution in [0.2, 0.25) is 0 Å². The molecule has 6 nitrogen and oxygen atoms in total. The topological polar surface area (TPSA) is 67.4 Å². The molecule has 26 heavy (non-hydrogen) atoms. The molecular weight excluding hydrogens is 328 g/mol. The molecule has 2 heterocycles. The summed E-state index contributed by atoms with van der Waals surface area (Å²) < 4.78 is 5.30. The molecule has 2 aromatic rings. The summed E-state index contributed by atoms with van der Waals surface area (Å²) in [5.41, 5.74) is 1.79. The molecule has 0 bridgehead atoms. The second kappa shape index (κ2) is 8.65. The van der Waals surface area contributed by atoms with Gasteiger partial charge in [0.05, 0.1) is 12.7 Å². The van der Waals surface area contributed by atoms with Crippen LogP contribution < -0.4 is 10.1 Å². The van der Waals surface area contributed by atoms with Crippen LogP contribution in [-0.2, 0) is 6.42 Å². The average molecular weight is 354 g/mol. The standard InChI is InChI=1S/C20H26N4O2/c1-21-20-22-13-16(14-23-20)19(25)24-11-4-3-7-17(24)10-9-15-6-5-8-18(12-15)26-2/h5-6,8,12-14,17H,3-4,7,9-11H2,1-2H3,(H,21,22,23)/t17-/m0/s1. The van der Waals surface area contributed by atoms with Gasteiger partial charge in [-0.3, -0.25) is 4.79 Å². The highest BCUT2D eigenvalue weighted by Crippen LogP contribution is 2.24. The molecule has 0 unspecified atom stereocenters. The molecule has 1 saturated heterocycles. The minimum Gasteiger partial charge on any atom is -0.497 e. The smallest absolute Gasteiger partial charge is 0.257 e. The van der Waals surface area contributed by atoms with E-state index in [4.69, 9.17) is 4.74 Å². The summed E-state index contributed by atoms with van der Waals surface area (Å²) in [5, 5.41) is 2.87. The Kier molecular flexibility index (Phi) is 6.04. The van der Waals surface area contributed by atoms with Crippen LogP contribution >= 0.6 is 0 Å². The molecule has 1 aromatic heterocycles. The number of likely N-dealkylation sites (tertiary alicyclic amines) is 1. The number of benzene rings is 1. The Morgan fingerprint density at radius 2 is 2.12 bits per heavy atom. The summed E-state index contributed by atoms with van der Waals surface area (Å²) in [7, 11) is 3.44. The molecule has 1 amide bonds. The quantitative estimate of drug-likeness (QED) is 0.863. The summed E-state index contributed by atoms with van der Waals surface area (Å²) >= 11 is 0. The molecule has 138 valence electrons. The monoisotopic (exact) mass is 354 g/mol. The van der Waals surface area contributed by atoms with E-state index in [0.717, 1.165) is 38.0 Å². The van der Waals surface area contributed by atoms with Gasteiger partial charge in [0.2, 0.25) is 5.95 Å². The highest BCUT2D eigenvalue weighted by Gasteiger charge is 2.27. The van der Waals surface area contributed by atoms with E-state index < -0.39 is 0 Å². The highest BCUT2D eigenvalue weighted by atomic mass is 16.5. The van der Waals surface area contributed by atoms with Crippen molar-refractivity contribution in [3.63, 3.8) is 0 Å². The van der Waals surface area contributed by atoms with Crippen molar-refractivity contribution in [3.05, 3.63) is 47.8 Å². The second-order valence-corrected chi connectivity index (χ2v) is 6.58. The normalized spacial score (nSPS) is 17.0. The van der Waals surface area contributed by atoms with Crippen LogP contribution in [0.3, 0.4) is 0 Å². The largest absolute Gasteiger partial charge is 0.497 e. The van der Waals surface area contributed by atoms with Crippen LogP contribution in [-0.4, -0.2) is 47.5 Å². The SMILES string of the molecule is CNc1ncc(C(=O)N2CCCC[C@H]2CCc2cccc(OC)c2)cn1. The van der Waals surface area contributed by atoms with E-state index in [9.17, 15) is 4.79 Å². The van der Waals surface area contributed by atoms with Crippen LogP contribution in [0.15, 0.2) is 36.7 Å². The Morgan fingerprint density at radius 3 is 2.85 bits per heavy atom. The molecule has 1 atom stereocenters. The number of amides is 1. The van der Waals surface area contributed by atoms with Gasteiger partial charge >= 0.3 is 0 Å². The first kappa shape index (κ1) is 18.2. The van der Waals surface area contributed by atoms with E-state index in [0.29, 0.717) is 11.5 Å². The molecule has 0 aliphatic carbocycles. The van der Waals surface area contributed by atoms with Gasteiger partial charge in [-0.1, -0.05) is 12.1 Å². The number of nitrogens with zero attached hydrogens (tertiary/aromatic N) is 3. The first-order valence-electron chi connectivity index (χ1n) is 9.15. The van der Waals surface area contributed by atoms with Gasteiger partial charge in [-0.05, 0) is 49.8 Å². The predicted octanol–water partition coefficient (Wildman–Crippen LogP) is 3.15. The third-order valence-electron chi connectivity index (χ3n) is 4.91. The number of carbonyl (C=O) groups is 1. The van der Waals surface area contributed by atoms with E-state index in [1.807, 2.05) is 17.0 Å². The molecule has 1 aromatic carbocycles. The van der Waals surface area contributed by atoms with E-state index in [2.05, 4.69) is 27.4 Å². The number of rotatable bonds is 6. The van der Waals surface area contributed by atoms with Crippen molar-refractivity contribution in [1.82, 2.24) is 14.9 Å². The number of anilines is 1. The van der Waals surface area contributed by atoms with Crippen molar-refractivity contribution in [3.8, 4) is 5.75 Å². The van der Waals surface area contributed by atoms with Gasteiger partial charge in [-0.25, -0.2) is 9.97 Å². The maximum atomic E-state index is 12.9. The van der Waals surface area contributed by atoms with Crippen LogP contribution in [0.5, 0.6) is 5.75 Å². The van der Waals surface area contributed by atoms with Crippen molar-refractivity contribution in [1.29, 1.82) is 0 Å². The van der Waals surface area contributed by atoms with Crippen LogP contribution in [0.4, 0.5) is 5.95 Å². The van der Waals surface area contributed by atoms with E-state index >= 15 is 0 Å². The van der Waals surface area contributed by atoms with E-state index in [1.54, 1.807) is 26.6 Å². The Morgan fingerprint density at radius 1 is 1.31 bits per heavy atom. The number of methoxy groups -OCH3 is 1. The number of nitrogens with one attached hydrogen (secondary N) is 1. The van der Waals surface area contributed by atoms with Gasteiger partial charge in [-0.2, -0.15) is 0 Å². The fourth-order valence-corrected chi connectivity index (χ4v) is 3.46. The molecule has 3 rings (SSSR count). The Bertz CT molecular complexity index is 733. The molecule has 1 fully saturated rings. The summed E-state index contributed by atoms with van der Waals surface area (Å²) in [6, 6.07) is 8.40. The van der Waals surface area contributed by atoms with Gasteiger partial charge in [0.1, 0.15) is 5.75 Å². The summed E-state index contributed by atoms with van der Waals surface area (Å²) in [6.07, 6.45) is 8.36. The van der Waals surface area contributed by atoms with Crippen molar-refractivity contribution in [2.75, 3.05) is 26.0 Å².